The highest BCUT2D eigenvalue weighted by atomic mass is 16.5. The minimum absolute atomic E-state index is 0.00265. The average Bonchev–Trinajstić information content (AvgIpc) is 3.18. The summed E-state index contributed by atoms with van der Waals surface area (Å²) in [5.41, 5.74) is 1.03. The molecule has 3 aromatic rings. The number of nitrogens with zero attached hydrogens (tertiary/aromatic N) is 1. The van der Waals surface area contributed by atoms with Crippen molar-refractivity contribution in [3.63, 3.8) is 0 Å². The number of aliphatic hydroxyl groups excluding tert-OH is 1. The topological polar surface area (TPSA) is 94.5 Å². The average molecular weight is 490 g/mol. The third kappa shape index (κ3) is 4.98. The molecule has 8 nitrogen and oxygen atoms in total. The molecule has 0 aliphatic carbocycles. The molecule has 1 aliphatic rings. The molecule has 0 aromatic heterocycles. The van der Waals surface area contributed by atoms with Crippen molar-refractivity contribution in [2.45, 2.75) is 6.04 Å². The van der Waals surface area contributed by atoms with Crippen molar-refractivity contribution in [1.82, 2.24) is 4.90 Å². The highest BCUT2D eigenvalue weighted by molar-refractivity contribution is 6.46. The Morgan fingerprint density at radius 2 is 1.39 bits per heavy atom. The predicted molar refractivity (Wildman–Crippen MR) is 133 cm³/mol. The van der Waals surface area contributed by atoms with E-state index in [-0.39, 0.29) is 24.5 Å². The van der Waals surface area contributed by atoms with Crippen LogP contribution in [0.25, 0.3) is 5.76 Å². The van der Waals surface area contributed by atoms with E-state index in [0.717, 1.165) is 0 Å². The highest BCUT2D eigenvalue weighted by Gasteiger charge is 2.46. The van der Waals surface area contributed by atoms with Crippen molar-refractivity contribution in [3.05, 3.63) is 89.5 Å². The molecule has 0 spiro atoms. The van der Waals surface area contributed by atoms with Crippen LogP contribution in [-0.4, -0.2) is 56.2 Å². The van der Waals surface area contributed by atoms with E-state index in [0.29, 0.717) is 34.1 Å². The van der Waals surface area contributed by atoms with Crippen molar-refractivity contribution < 1.29 is 33.6 Å². The van der Waals surface area contributed by atoms with E-state index in [9.17, 15) is 14.7 Å². The molecule has 1 fully saturated rings. The van der Waals surface area contributed by atoms with Crippen LogP contribution in [0.15, 0.2) is 78.4 Å². The van der Waals surface area contributed by atoms with Gasteiger partial charge < -0.3 is 29.0 Å². The number of methoxy groups -OCH3 is 3. The van der Waals surface area contributed by atoms with Gasteiger partial charge in [0, 0.05) is 5.56 Å². The SMILES string of the molecule is COc1ccc(OCCN2C(=O)C(=O)/C(=C(\O)c3ccc(OC)cc3)C2c2cccc(OC)c2)cc1. The van der Waals surface area contributed by atoms with Crippen molar-refractivity contribution in [3.8, 4) is 23.0 Å². The number of rotatable bonds is 9. The molecule has 4 rings (SSSR count). The van der Waals surface area contributed by atoms with Gasteiger partial charge >= 0.3 is 0 Å². The van der Waals surface area contributed by atoms with E-state index in [1.165, 1.54) is 19.1 Å². The summed E-state index contributed by atoms with van der Waals surface area (Å²) in [7, 11) is 4.66. The molecule has 1 N–H and O–H groups in total. The molecule has 1 amide bonds. The summed E-state index contributed by atoms with van der Waals surface area (Å²) in [6.45, 7) is 0.264. The lowest BCUT2D eigenvalue weighted by Gasteiger charge is -2.25. The predicted octanol–water partition coefficient (Wildman–Crippen LogP) is 4.21. The Bertz CT molecular complexity index is 1270. The minimum atomic E-state index is -0.818. The van der Waals surface area contributed by atoms with Crippen molar-refractivity contribution in [1.29, 1.82) is 0 Å². The first-order chi connectivity index (χ1) is 17.5. The van der Waals surface area contributed by atoms with Gasteiger partial charge in [0.15, 0.2) is 0 Å². The van der Waals surface area contributed by atoms with Gasteiger partial charge in [-0.15, -0.1) is 0 Å². The normalized spacial score (nSPS) is 16.6. The van der Waals surface area contributed by atoms with Gasteiger partial charge in [0.2, 0.25) is 0 Å². The zero-order chi connectivity index (χ0) is 25.7. The zero-order valence-corrected chi connectivity index (χ0v) is 20.3. The van der Waals surface area contributed by atoms with Crippen LogP contribution in [0.2, 0.25) is 0 Å². The number of ketones is 1. The second kappa shape index (κ2) is 10.9. The number of benzene rings is 3. The molecule has 0 saturated carbocycles. The van der Waals surface area contributed by atoms with Crippen LogP contribution in [-0.2, 0) is 9.59 Å². The number of Topliss-reactive ketones (excluding diaryl/α,β-unsaturated/α-hetero) is 1. The van der Waals surface area contributed by atoms with E-state index < -0.39 is 17.7 Å². The molecule has 1 unspecified atom stereocenters. The van der Waals surface area contributed by atoms with Gasteiger partial charge in [0.1, 0.15) is 35.4 Å². The molecule has 0 bridgehead atoms. The van der Waals surface area contributed by atoms with Gasteiger partial charge in [-0.05, 0) is 66.2 Å². The molecular weight excluding hydrogens is 462 g/mol. The van der Waals surface area contributed by atoms with E-state index in [4.69, 9.17) is 18.9 Å². The number of ether oxygens (including phenoxy) is 4. The first-order valence-electron chi connectivity index (χ1n) is 11.3. The third-order valence-corrected chi connectivity index (χ3v) is 5.97. The van der Waals surface area contributed by atoms with Crippen LogP contribution in [0, 0.1) is 0 Å². The van der Waals surface area contributed by atoms with Crippen LogP contribution < -0.4 is 18.9 Å². The molecule has 186 valence electrons. The zero-order valence-electron chi connectivity index (χ0n) is 20.3. The quantitative estimate of drug-likeness (QED) is 0.273. The number of carbonyl (C=O) groups is 2. The summed E-state index contributed by atoms with van der Waals surface area (Å²) in [5.74, 6) is 0.733. The summed E-state index contributed by atoms with van der Waals surface area (Å²) >= 11 is 0. The second-order valence-electron chi connectivity index (χ2n) is 8.02. The maximum Gasteiger partial charge on any atom is 0.295 e. The number of hydrogen-bond donors (Lipinski definition) is 1. The molecule has 36 heavy (non-hydrogen) atoms. The minimum Gasteiger partial charge on any atom is -0.507 e. The summed E-state index contributed by atoms with van der Waals surface area (Å²) in [4.78, 5) is 27.7. The van der Waals surface area contributed by atoms with E-state index in [1.54, 1.807) is 79.9 Å². The van der Waals surface area contributed by atoms with Crippen LogP contribution in [0.3, 0.4) is 0 Å². The van der Waals surface area contributed by atoms with Gasteiger partial charge in [0.05, 0.1) is 39.5 Å². The standard InChI is InChI=1S/C28H27NO7/c1-33-20-9-7-18(8-10-20)26(30)24-25(19-5-4-6-23(17-19)35-3)29(28(32)27(24)31)15-16-36-22-13-11-21(34-2)12-14-22/h4-14,17,25,30H,15-16H2,1-3H3/b26-24-. The summed E-state index contributed by atoms with van der Waals surface area (Å²) in [6, 6.07) is 19.9. The summed E-state index contributed by atoms with van der Waals surface area (Å²) in [5, 5.41) is 11.2. The molecular formula is C28H27NO7. The summed E-state index contributed by atoms with van der Waals surface area (Å²) in [6.07, 6.45) is 0. The van der Waals surface area contributed by atoms with Gasteiger partial charge in [-0.2, -0.15) is 0 Å². The fourth-order valence-electron chi connectivity index (χ4n) is 4.11. The maximum absolute atomic E-state index is 13.2. The molecule has 3 aromatic carbocycles. The largest absolute Gasteiger partial charge is 0.507 e. The lowest BCUT2D eigenvalue weighted by molar-refractivity contribution is -0.140. The Hall–Kier alpha value is -4.46. The maximum atomic E-state index is 13.2. The monoisotopic (exact) mass is 489 g/mol. The molecule has 1 aliphatic heterocycles. The Kier molecular flexibility index (Phi) is 7.44. The van der Waals surface area contributed by atoms with E-state index >= 15 is 0 Å². The lowest BCUT2D eigenvalue weighted by atomic mass is 9.95. The molecule has 0 radical (unpaired) electrons. The number of aliphatic hydroxyl groups is 1. The van der Waals surface area contributed by atoms with Crippen molar-refractivity contribution >= 4 is 17.4 Å². The van der Waals surface area contributed by atoms with Crippen molar-refractivity contribution in [2.75, 3.05) is 34.5 Å². The van der Waals surface area contributed by atoms with Crippen LogP contribution >= 0.6 is 0 Å². The second-order valence-corrected chi connectivity index (χ2v) is 8.02. The number of amides is 1. The Morgan fingerprint density at radius 1 is 0.806 bits per heavy atom. The Balaban J connectivity index is 1.68. The number of hydrogen-bond acceptors (Lipinski definition) is 7. The number of likely N-dealkylation sites (tertiary alicyclic amines) is 1. The number of carbonyl (C=O) groups excluding carboxylic acids is 2. The van der Waals surface area contributed by atoms with Crippen molar-refractivity contribution in [2.24, 2.45) is 0 Å². The first kappa shape index (κ1) is 24.7. The fourth-order valence-corrected chi connectivity index (χ4v) is 4.11. The van der Waals surface area contributed by atoms with Gasteiger partial charge in [-0.1, -0.05) is 12.1 Å². The Labute approximate surface area is 209 Å². The van der Waals surface area contributed by atoms with Crippen LogP contribution in [0.4, 0.5) is 0 Å². The molecule has 8 heteroatoms. The van der Waals surface area contributed by atoms with Gasteiger partial charge in [-0.3, -0.25) is 9.59 Å². The van der Waals surface area contributed by atoms with Gasteiger partial charge in [0.25, 0.3) is 11.7 Å². The molecule has 1 atom stereocenters. The Morgan fingerprint density at radius 3 is 2.00 bits per heavy atom. The van der Waals surface area contributed by atoms with Crippen LogP contribution in [0.1, 0.15) is 17.2 Å². The smallest absolute Gasteiger partial charge is 0.295 e. The highest BCUT2D eigenvalue weighted by Crippen LogP contribution is 2.40. The first-order valence-corrected chi connectivity index (χ1v) is 11.3. The summed E-state index contributed by atoms with van der Waals surface area (Å²) < 4.78 is 21.5. The molecule has 1 heterocycles. The van der Waals surface area contributed by atoms with E-state index in [2.05, 4.69) is 0 Å². The lowest BCUT2D eigenvalue weighted by Crippen LogP contribution is -2.33. The van der Waals surface area contributed by atoms with Gasteiger partial charge in [-0.25, -0.2) is 0 Å². The van der Waals surface area contributed by atoms with Crippen LogP contribution in [0.5, 0.6) is 23.0 Å². The fraction of sp³-hybridized carbons (Fsp3) is 0.214. The molecule has 1 saturated heterocycles. The third-order valence-electron chi connectivity index (χ3n) is 5.97. The van der Waals surface area contributed by atoms with E-state index in [1.807, 2.05) is 0 Å².